The third-order valence-electron chi connectivity index (χ3n) is 4.05. The quantitative estimate of drug-likeness (QED) is 0.383. The van der Waals surface area contributed by atoms with Crippen molar-refractivity contribution in [3.05, 3.63) is 34.1 Å². The molecule has 1 aliphatic heterocycles. The van der Waals surface area contributed by atoms with Crippen molar-refractivity contribution >= 4 is 23.4 Å². The number of nitrogens with one attached hydrogen (secondary N) is 3. The Hall–Kier alpha value is -3.43. The molecule has 3 rings (SSSR count). The molecule has 1 aromatic carbocycles. The van der Waals surface area contributed by atoms with E-state index >= 15 is 0 Å². The summed E-state index contributed by atoms with van der Waals surface area (Å²) < 4.78 is 0. The van der Waals surface area contributed by atoms with E-state index in [9.17, 15) is 19.8 Å². The number of nitrogens with zero attached hydrogens (tertiary/aromatic N) is 2. The minimum absolute atomic E-state index is 0.0315. The number of aromatic amines is 1. The summed E-state index contributed by atoms with van der Waals surface area (Å²) in [7, 11) is 0. The molecule has 0 radical (unpaired) electrons. The molecule has 0 aliphatic carbocycles. The van der Waals surface area contributed by atoms with E-state index in [-0.39, 0.29) is 35.3 Å². The molecular formula is C16H20N6O4. The highest BCUT2D eigenvalue weighted by Crippen LogP contribution is 2.26. The summed E-state index contributed by atoms with van der Waals surface area (Å²) in [6.07, 6.45) is 0.761. The van der Waals surface area contributed by atoms with Gasteiger partial charge in [-0.05, 0) is 24.1 Å². The summed E-state index contributed by atoms with van der Waals surface area (Å²) in [5.41, 5.74) is 6.38. The van der Waals surface area contributed by atoms with Crippen LogP contribution < -0.4 is 26.8 Å². The Morgan fingerprint density at radius 2 is 2.15 bits per heavy atom. The minimum atomic E-state index is -0.336. The van der Waals surface area contributed by atoms with E-state index in [0.29, 0.717) is 37.7 Å². The highest BCUT2D eigenvalue weighted by molar-refractivity contribution is 5.77. The number of nitrogen functional groups attached to an aromatic ring is 1. The van der Waals surface area contributed by atoms with Crippen LogP contribution in [0.1, 0.15) is 12.0 Å². The molecule has 138 valence electrons. The first-order valence-corrected chi connectivity index (χ1v) is 8.10. The fourth-order valence-electron chi connectivity index (χ4n) is 2.70. The number of rotatable bonds is 6. The number of fused-ring (bicyclic) bond motifs is 1. The summed E-state index contributed by atoms with van der Waals surface area (Å²) in [5, 5.41) is 24.4. The number of hydrogen-bond acceptors (Lipinski definition) is 8. The number of H-pyrrole nitrogens is 1. The highest BCUT2D eigenvalue weighted by atomic mass is 16.3. The Morgan fingerprint density at radius 3 is 2.92 bits per heavy atom. The van der Waals surface area contributed by atoms with Gasteiger partial charge in [-0.25, -0.2) is 0 Å². The molecular weight excluding hydrogens is 340 g/mol. The zero-order chi connectivity index (χ0) is 18.7. The van der Waals surface area contributed by atoms with Crippen molar-refractivity contribution < 1.29 is 15.0 Å². The number of carbonyl (C=O) groups is 1. The van der Waals surface area contributed by atoms with Crippen molar-refractivity contribution in [3.8, 4) is 11.5 Å². The number of amides is 1. The van der Waals surface area contributed by atoms with Gasteiger partial charge in [0.25, 0.3) is 5.56 Å². The Bertz CT molecular complexity index is 882. The fraction of sp³-hybridized carbons (Fsp3) is 0.312. The van der Waals surface area contributed by atoms with Crippen LogP contribution in [0.2, 0.25) is 0 Å². The molecule has 26 heavy (non-hydrogen) atoms. The molecule has 0 saturated heterocycles. The van der Waals surface area contributed by atoms with Crippen LogP contribution in [0, 0.1) is 0 Å². The van der Waals surface area contributed by atoms with E-state index in [2.05, 4.69) is 20.6 Å². The van der Waals surface area contributed by atoms with Crippen LogP contribution in [0.5, 0.6) is 11.5 Å². The lowest BCUT2D eigenvalue weighted by Crippen LogP contribution is -2.32. The molecule has 0 unspecified atom stereocenters. The molecule has 1 aliphatic rings. The molecule has 0 spiro atoms. The van der Waals surface area contributed by atoms with Crippen molar-refractivity contribution in [2.75, 3.05) is 35.7 Å². The first kappa shape index (κ1) is 17.4. The number of nitrogens with two attached hydrogens (primary N) is 1. The van der Waals surface area contributed by atoms with Crippen molar-refractivity contribution in [1.29, 1.82) is 0 Å². The Morgan fingerprint density at radius 1 is 1.35 bits per heavy atom. The van der Waals surface area contributed by atoms with Gasteiger partial charge in [-0.2, -0.15) is 4.98 Å². The number of phenolic OH excluding ortho intramolecular Hbond substituents is 2. The standard InChI is InChI=1S/C16H20N6O4/c17-16-20-14-13(15(26)21-16)19-8-22(14)6-4-12(25)18-5-3-9-1-2-10(23)11(24)7-9/h1-2,7,19,23-24H,3-6,8H2,(H,18,25)(H3,17,20,21,26). The van der Waals surface area contributed by atoms with Gasteiger partial charge in [0.2, 0.25) is 11.9 Å². The molecule has 2 aromatic rings. The highest BCUT2D eigenvalue weighted by Gasteiger charge is 2.23. The van der Waals surface area contributed by atoms with Crippen LogP contribution in [-0.2, 0) is 11.2 Å². The maximum atomic E-state index is 12.0. The lowest BCUT2D eigenvalue weighted by molar-refractivity contribution is -0.120. The molecule has 0 saturated carbocycles. The van der Waals surface area contributed by atoms with Crippen molar-refractivity contribution in [1.82, 2.24) is 15.3 Å². The number of carbonyl (C=O) groups excluding carboxylic acids is 1. The van der Waals surface area contributed by atoms with E-state index < -0.39 is 0 Å². The second kappa shape index (κ2) is 7.21. The molecule has 0 fully saturated rings. The van der Waals surface area contributed by atoms with Crippen LogP contribution in [0.15, 0.2) is 23.0 Å². The van der Waals surface area contributed by atoms with Crippen LogP contribution in [0.25, 0.3) is 0 Å². The predicted octanol–water partition coefficient (Wildman–Crippen LogP) is -0.298. The molecule has 7 N–H and O–H groups in total. The van der Waals surface area contributed by atoms with Gasteiger partial charge in [0.15, 0.2) is 17.3 Å². The third-order valence-corrected chi connectivity index (χ3v) is 4.05. The monoisotopic (exact) mass is 360 g/mol. The second-order valence-corrected chi connectivity index (χ2v) is 5.92. The van der Waals surface area contributed by atoms with Gasteiger partial charge >= 0.3 is 0 Å². The molecule has 0 bridgehead atoms. The Kier molecular flexibility index (Phi) is 4.83. The summed E-state index contributed by atoms with van der Waals surface area (Å²) in [5.74, 6) is -0.0249. The summed E-state index contributed by atoms with van der Waals surface area (Å²) in [6, 6.07) is 4.55. The fourth-order valence-corrected chi connectivity index (χ4v) is 2.70. The zero-order valence-electron chi connectivity index (χ0n) is 14.0. The number of hydrogen-bond donors (Lipinski definition) is 6. The maximum Gasteiger partial charge on any atom is 0.277 e. The third kappa shape index (κ3) is 3.79. The van der Waals surface area contributed by atoms with Gasteiger partial charge in [-0.1, -0.05) is 6.07 Å². The lowest BCUT2D eigenvalue weighted by Gasteiger charge is -2.16. The average Bonchev–Trinajstić information content (AvgIpc) is 2.99. The van der Waals surface area contributed by atoms with Crippen LogP contribution in [-0.4, -0.2) is 45.8 Å². The molecule has 0 atom stereocenters. The molecule has 1 aromatic heterocycles. The van der Waals surface area contributed by atoms with Crippen molar-refractivity contribution in [2.45, 2.75) is 12.8 Å². The largest absolute Gasteiger partial charge is 0.504 e. The van der Waals surface area contributed by atoms with E-state index in [0.717, 1.165) is 5.56 Å². The smallest absolute Gasteiger partial charge is 0.277 e. The zero-order valence-corrected chi connectivity index (χ0v) is 14.0. The van der Waals surface area contributed by atoms with E-state index in [1.807, 2.05) is 0 Å². The van der Waals surface area contributed by atoms with E-state index in [1.165, 1.54) is 12.1 Å². The van der Waals surface area contributed by atoms with Gasteiger partial charge in [-0.3, -0.25) is 14.6 Å². The minimum Gasteiger partial charge on any atom is -0.504 e. The normalized spacial score (nSPS) is 12.5. The maximum absolute atomic E-state index is 12.0. The number of anilines is 3. The Labute approximate surface area is 148 Å². The SMILES string of the molecule is Nc1nc2c(c(=O)[nH]1)NCN2CCC(=O)NCCc1ccc(O)c(O)c1. The van der Waals surface area contributed by atoms with Gasteiger partial charge in [0.05, 0.1) is 6.67 Å². The number of aromatic nitrogens is 2. The summed E-state index contributed by atoms with van der Waals surface area (Å²) in [6.45, 7) is 1.18. The Balaban J connectivity index is 1.47. The first-order valence-electron chi connectivity index (χ1n) is 8.10. The molecule has 10 heteroatoms. The molecule has 1 amide bonds. The second-order valence-electron chi connectivity index (χ2n) is 5.92. The number of aromatic hydroxyl groups is 2. The molecule has 2 heterocycles. The van der Waals surface area contributed by atoms with Crippen molar-refractivity contribution in [2.24, 2.45) is 0 Å². The summed E-state index contributed by atoms with van der Waals surface area (Å²) in [4.78, 5) is 32.0. The first-order chi connectivity index (χ1) is 12.4. The predicted molar refractivity (Wildman–Crippen MR) is 96.2 cm³/mol. The van der Waals surface area contributed by atoms with Crippen LogP contribution in [0.3, 0.4) is 0 Å². The average molecular weight is 360 g/mol. The van der Waals surface area contributed by atoms with Gasteiger partial charge in [0, 0.05) is 19.5 Å². The van der Waals surface area contributed by atoms with Gasteiger partial charge in [-0.15, -0.1) is 0 Å². The van der Waals surface area contributed by atoms with E-state index in [1.54, 1.807) is 11.0 Å². The number of phenols is 2. The molecule has 10 nitrogen and oxygen atoms in total. The van der Waals surface area contributed by atoms with Gasteiger partial charge in [0.1, 0.15) is 5.69 Å². The van der Waals surface area contributed by atoms with E-state index in [4.69, 9.17) is 5.73 Å². The van der Waals surface area contributed by atoms with Gasteiger partial charge < -0.3 is 31.5 Å². The van der Waals surface area contributed by atoms with Crippen LogP contribution >= 0.6 is 0 Å². The topological polar surface area (TPSA) is 157 Å². The number of benzene rings is 1. The van der Waals surface area contributed by atoms with Crippen LogP contribution in [0.4, 0.5) is 17.5 Å². The summed E-state index contributed by atoms with van der Waals surface area (Å²) >= 11 is 0. The lowest BCUT2D eigenvalue weighted by atomic mass is 10.1. The van der Waals surface area contributed by atoms with Crippen molar-refractivity contribution in [3.63, 3.8) is 0 Å².